The molecule has 0 saturated carbocycles. The number of rotatable bonds is 4. The van der Waals surface area contributed by atoms with Crippen LogP contribution in [0, 0.1) is 5.41 Å². The molecule has 25 heavy (non-hydrogen) atoms. The minimum Gasteiger partial charge on any atom is -0.491 e. The monoisotopic (exact) mass is 344 g/mol. The molecule has 0 radical (unpaired) electrons. The van der Waals surface area contributed by atoms with Crippen molar-refractivity contribution in [2.75, 3.05) is 19.6 Å². The smallest absolute Gasteiger partial charge is 0.407 e. The lowest BCUT2D eigenvalue weighted by Crippen LogP contribution is -2.67. The van der Waals surface area contributed by atoms with Crippen molar-refractivity contribution in [3.63, 3.8) is 0 Å². The first-order chi connectivity index (χ1) is 11.8. The van der Waals surface area contributed by atoms with Crippen LogP contribution >= 0.6 is 0 Å². The van der Waals surface area contributed by atoms with Crippen molar-refractivity contribution >= 4 is 6.09 Å². The van der Waals surface area contributed by atoms with E-state index in [1.807, 2.05) is 6.07 Å². The average molecular weight is 344 g/mol. The van der Waals surface area contributed by atoms with Crippen LogP contribution in [0.15, 0.2) is 42.2 Å². The SMILES string of the molecule is CC(C)(C)C1C(OC2=CCN(Cc3ccccc3)CC2)CN1C(=O)O. The number of ether oxygens (including phenoxy) is 1. The maximum Gasteiger partial charge on any atom is 0.407 e. The van der Waals surface area contributed by atoms with Crippen molar-refractivity contribution in [3.8, 4) is 0 Å². The Bertz CT molecular complexity index is 636. The topological polar surface area (TPSA) is 53.0 Å². The van der Waals surface area contributed by atoms with Crippen molar-refractivity contribution in [2.45, 2.75) is 45.9 Å². The molecular weight excluding hydrogens is 316 g/mol. The summed E-state index contributed by atoms with van der Waals surface area (Å²) in [6.45, 7) is 9.46. The fraction of sp³-hybridized carbons (Fsp3) is 0.550. The fourth-order valence-corrected chi connectivity index (χ4v) is 3.77. The largest absolute Gasteiger partial charge is 0.491 e. The first-order valence-corrected chi connectivity index (χ1v) is 8.96. The summed E-state index contributed by atoms with van der Waals surface area (Å²) in [4.78, 5) is 15.2. The van der Waals surface area contributed by atoms with Gasteiger partial charge in [-0.15, -0.1) is 0 Å². The summed E-state index contributed by atoms with van der Waals surface area (Å²) in [5.74, 6) is 1.01. The van der Waals surface area contributed by atoms with E-state index in [0.29, 0.717) is 6.54 Å². The summed E-state index contributed by atoms with van der Waals surface area (Å²) < 4.78 is 6.17. The minimum atomic E-state index is -0.855. The van der Waals surface area contributed by atoms with E-state index in [-0.39, 0.29) is 17.6 Å². The van der Waals surface area contributed by atoms with Crippen LogP contribution in [0.25, 0.3) is 0 Å². The normalized spacial score (nSPS) is 24.4. The van der Waals surface area contributed by atoms with Gasteiger partial charge in [0, 0.05) is 26.1 Å². The number of carbonyl (C=O) groups is 1. The molecule has 136 valence electrons. The molecule has 1 aromatic carbocycles. The molecule has 1 aromatic rings. The summed E-state index contributed by atoms with van der Waals surface area (Å²) in [5.41, 5.74) is 1.19. The van der Waals surface area contributed by atoms with E-state index in [0.717, 1.165) is 31.8 Å². The quantitative estimate of drug-likeness (QED) is 0.907. The first kappa shape index (κ1) is 17.8. The number of amides is 1. The average Bonchev–Trinajstić information content (AvgIpc) is 2.51. The number of carboxylic acid groups (broad SMARTS) is 1. The molecule has 1 saturated heterocycles. The van der Waals surface area contributed by atoms with Crippen LogP contribution < -0.4 is 0 Å². The lowest BCUT2D eigenvalue weighted by atomic mass is 9.77. The Morgan fingerprint density at radius 3 is 2.56 bits per heavy atom. The molecule has 0 aliphatic carbocycles. The summed E-state index contributed by atoms with van der Waals surface area (Å²) in [6, 6.07) is 10.4. The van der Waals surface area contributed by atoms with E-state index in [1.165, 1.54) is 10.5 Å². The molecule has 0 spiro atoms. The van der Waals surface area contributed by atoms with Crippen molar-refractivity contribution < 1.29 is 14.6 Å². The van der Waals surface area contributed by atoms with Gasteiger partial charge < -0.3 is 9.84 Å². The zero-order chi connectivity index (χ0) is 18.0. The molecule has 2 atom stereocenters. The number of hydrogen-bond acceptors (Lipinski definition) is 3. The molecule has 2 unspecified atom stereocenters. The third kappa shape index (κ3) is 4.15. The minimum absolute atomic E-state index is 0.0389. The third-order valence-electron chi connectivity index (χ3n) is 5.00. The molecule has 0 aromatic heterocycles. The molecule has 1 fully saturated rings. The van der Waals surface area contributed by atoms with Crippen LogP contribution in [-0.4, -0.2) is 52.8 Å². The van der Waals surface area contributed by atoms with Crippen LogP contribution in [0.4, 0.5) is 4.79 Å². The Balaban J connectivity index is 1.55. The zero-order valence-electron chi connectivity index (χ0n) is 15.3. The van der Waals surface area contributed by atoms with Gasteiger partial charge in [0.15, 0.2) is 0 Å². The van der Waals surface area contributed by atoms with E-state index in [1.54, 1.807) is 0 Å². The van der Waals surface area contributed by atoms with Gasteiger partial charge in [0.2, 0.25) is 0 Å². The van der Waals surface area contributed by atoms with Gasteiger partial charge in [0.25, 0.3) is 0 Å². The van der Waals surface area contributed by atoms with E-state index in [4.69, 9.17) is 4.74 Å². The Hall–Kier alpha value is -2.01. The predicted molar refractivity (Wildman–Crippen MR) is 97.3 cm³/mol. The highest BCUT2D eigenvalue weighted by atomic mass is 16.5. The third-order valence-corrected chi connectivity index (χ3v) is 5.00. The van der Waals surface area contributed by atoms with Crippen LogP contribution in [0.5, 0.6) is 0 Å². The van der Waals surface area contributed by atoms with Crippen molar-refractivity contribution in [1.29, 1.82) is 0 Å². The maximum absolute atomic E-state index is 11.3. The van der Waals surface area contributed by atoms with Gasteiger partial charge in [-0.2, -0.15) is 0 Å². The van der Waals surface area contributed by atoms with Gasteiger partial charge >= 0.3 is 6.09 Å². The molecule has 5 nitrogen and oxygen atoms in total. The highest BCUT2D eigenvalue weighted by Gasteiger charge is 2.50. The summed E-state index contributed by atoms with van der Waals surface area (Å²) in [5, 5.41) is 9.31. The van der Waals surface area contributed by atoms with E-state index < -0.39 is 6.09 Å². The second-order valence-corrected chi connectivity index (χ2v) is 8.04. The van der Waals surface area contributed by atoms with Crippen molar-refractivity contribution in [2.24, 2.45) is 5.41 Å². The molecule has 1 N–H and O–H groups in total. The summed E-state index contributed by atoms with van der Waals surface area (Å²) in [6.07, 6.45) is 2.14. The molecule has 5 heteroatoms. The molecular formula is C20H28N2O3. The Labute approximate surface area is 149 Å². The number of hydrogen-bond donors (Lipinski definition) is 1. The van der Waals surface area contributed by atoms with Gasteiger partial charge in [-0.05, 0) is 17.1 Å². The van der Waals surface area contributed by atoms with Crippen LogP contribution in [-0.2, 0) is 11.3 Å². The number of likely N-dealkylation sites (tertiary alicyclic amines) is 1. The Kier molecular flexibility index (Phi) is 5.04. The van der Waals surface area contributed by atoms with E-state index in [9.17, 15) is 9.90 Å². The fourth-order valence-electron chi connectivity index (χ4n) is 3.77. The highest BCUT2D eigenvalue weighted by molar-refractivity contribution is 5.67. The molecule has 2 aliphatic heterocycles. The van der Waals surface area contributed by atoms with E-state index >= 15 is 0 Å². The lowest BCUT2D eigenvalue weighted by Gasteiger charge is -2.52. The molecule has 2 heterocycles. The molecule has 2 aliphatic rings. The van der Waals surface area contributed by atoms with E-state index in [2.05, 4.69) is 56.0 Å². The molecule has 0 bridgehead atoms. The Morgan fingerprint density at radius 1 is 1.28 bits per heavy atom. The van der Waals surface area contributed by atoms with Crippen LogP contribution in [0.2, 0.25) is 0 Å². The van der Waals surface area contributed by atoms with Gasteiger partial charge in [-0.25, -0.2) is 4.79 Å². The second kappa shape index (κ2) is 7.08. The second-order valence-electron chi connectivity index (χ2n) is 8.04. The Morgan fingerprint density at radius 2 is 2.00 bits per heavy atom. The number of benzene rings is 1. The summed E-state index contributed by atoms with van der Waals surface area (Å²) in [7, 11) is 0. The van der Waals surface area contributed by atoms with Crippen LogP contribution in [0.3, 0.4) is 0 Å². The van der Waals surface area contributed by atoms with Gasteiger partial charge in [-0.1, -0.05) is 51.1 Å². The maximum atomic E-state index is 11.3. The zero-order valence-corrected chi connectivity index (χ0v) is 15.3. The van der Waals surface area contributed by atoms with Gasteiger partial charge in [-0.3, -0.25) is 9.80 Å². The number of nitrogens with zero attached hydrogens (tertiary/aromatic N) is 2. The first-order valence-electron chi connectivity index (χ1n) is 8.96. The van der Waals surface area contributed by atoms with Gasteiger partial charge in [0.05, 0.1) is 18.3 Å². The summed E-state index contributed by atoms with van der Waals surface area (Å²) >= 11 is 0. The lowest BCUT2D eigenvalue weighted by molar-refractivity contribution is -0.107. The van der Waals surface area contributed by atoms with Crippen LogP contribution in [0.1, 0.15) is 32.8 Å². The van der Waals surface area contributed by atoms with Crippen molar-refractivity contribution in [1.82, 2.24) is 9.80 Å². The van der Waals surface area contributed by atoms with Gasteiger partial charge in [0.1, 0.15) is 6.10 Å². The predicted octanol–water partition coefficient (Wildman–Crippen LogP) is 3.57. The van der Waals surface area contributed by atoms with Crippen molar-refractivity contribution in [3.05, 3.63) is 47.7 Å². The standard InChI is InChI=1S/C20H28N2O3/c1-20(2,3)18-17(14-22(18)19(23)24)25-16-9-11-21(12-10-16)13-15-7-5-4-6-8-15/h4-9,17-18H,10-14H2,1-3H3,(H,23,24). The highest BCUT2D eigenvalue weighted by Crippen LogP contribution is 2.37. The molecule has 3 rings (SSSR count). The molecule has 1 amide bonds.